The number of anilines is 1. The molecule has 0 spiro atoms. The second kappa shape index (κ2) is 10.8. The van der Waals surface area contributed by atoms with Crippen molar-refractivity contribution in [3.8, 4) is 0 Å². The highest BCUT2D eigenvalue weighted by atomic mass is 16.2. The lowest BCUT2D eigenvalue weighted by atomic mass is 10.0. The van der Waals surface area contributed by atoms with E-state index in [9.17, 15) is 9.59 Å². The van der Waals surface area contributed by atoms with Gasteiger partial charge in [-0.15, -0.1) is 0 Å². The Labute approximate surface area is 179 Å². The topological polar surface area (TPSA) is 73.5 Å². The van der Waals surface area contributed by atoms with E-state index < -0.39 is 6.04 Å². The van der Waals surface area contributed by atoms with Gasteiger partial charge >= 0.3 is 6.03 Å². The van der Waals surface area contributed by atoms with Crippen LogP contribution in [-0.4, -0.2) is 42.0 Å². The Kier molecular flexibility index (Phi) is 7.85. The maximum atomic E-state index is 12.8. The molecule has 6 heteroatoms. The summed E-state index contributed by atoms with van der Waals surface area (Å²) in [5.41, 5.74) is 2.01. The lowest BCUT2D eigenvalue weighted by molar-refractivity contribution is -0.124. The van der Waals surface area contributed by atoms with Gasteiger partial charge in [-0.2, -0.15) is 0 Å². The van der Waals surface area contributed by atoms with Crippen molar-refractivity contribution in [3.05, 3.63) is 66.2 Å². The molecule has 1 heterocycles. The van der Waals surface area contributed by atoms with Gasteiger partial charge < -0.3 is 16.0 Å². The molecule has 1 saturated heterocycles. The van der Waals surface area contributed by atoms with Crippen molar-refractivity contribution < 1.29 is 9.59 Å². The molecule has 1 atom stereocenters. The first-order valence-electron chi connectivity index (χ1n) is 10.7. The number of nitrogens with zero attached hydrogens (tertiary/aromatic N) is 1. The van der Waals surface area contributed by atoms with Crippen molar-refractivity contribution in [1.82, 2.24) is 15.5 Å². The van der Waals surface area contributed by atoms with Crippen molar-refractivity contribution in [3.63, 3.8) is 0 Å². The summed E-state index contributed by atoms with van der Waals surface area (Å²) in [5.74, 6) is -0.126. The minimum Gasteiger partial charge on any atom is -0.351 e. The fourth-order valence-electron chi connectivity index (χ4n) is 3.73. The van der Waals surface area contributed by atoms with Gasteiger partial charge in [-0.05, 0) is 36.5 Å². The highest BCUT2D eigenvalue weighted by Gasteiger charge is 2.28. The standard InChI is InChI=1S/C24H32N4O2/c1-18(2)22(27-24(30)26-20-11-7-4-8-12-20)23(29)25-21-13-15-28(16-14-21)17-19-9-5-3-6-10-19/h3-12,18,21-22H,13-17H2,1-2H3,(H,25,29)(H2,26,27,30)/t22-/m0/s1. The van der Waals surface area contributed by atoms with Gasteiger partial charge in [-0.1, -0.05) is 62.4 Å². The summed E-state index contributed by atoms with van der Waals surface area (Å²) in [5, 5.41) is 8.75. The normalized spacial score (nSPS) is 16.1. The number of piperidine rings is 1. The molecule has 2 aromatic rings. The van der Waals surface area contributed by atoms with Crippen LogP contribution in [0.1, 0.15) is 32.3 Å². The van der Waals surface area contributed by atoms with Crippen molar-refractivity contribution in [2.45, 2.75) is 45.3 Å². The smallest absolute Gasteiger partial charge is 0.319 e. The summed E-state index contributed by atoms with van der Waals surface area (Å²) in [6.45, 7) is 6.73. The first kappa shape index (κ1) is 21.8. The molecule has 3 rings (SSSR count). The summed E-state index contributed by atoms with van der Waals surface area (Å²) in [6, 6.07) is 18.9. The molecule has 0 aromatic heterocycles. The number of hydrogen-bond donors (Lipinski definition) is 3. The number of urea groups is 1. The molecule has 0 unspecified atom stereocenters. The van der Waals surface area contributed by atoms with Crippen LogP contribution >= 0.6 is 0 Å². The largest absolute Gasteiger partial charge is 0.351 e. The molecule has 0 bridgehead atoms. The molecule has 1 aliphatic rings. The third-order valence-corrected chi connectivity index (χ3v) is 5.45. The molecule has 160 valence electrons. The van der Waals surface area contributed by atoms with E-state index in [2.05, 4.69) is 45.1 Å². The Morgan fingerprint density at radius 1 is 0.967 bits per heavy atom. The number of carbonyl (C=O) groups excluding carboxylic acids is 2. The Balaban J connectivity index is 1.46. The van der Waals surface area contributed by atoms with Crippen LogP contribution in [0.15, 0.2) is 60.7 Å². The summed E-state index contributed by atoms with van der Waals surface area (Å²) in [4.78, 5) is 27.6. The van der Waals surface area contributed by atoms with E-state index in [1.165, 1.54) is 5.56 Å². The number of likely N-dealkylation sites (tertiary alicyclic amines) is 1. The van der Waals surface area contributed by atoms with Gasteiger partial charge in [0.1, 0.15) is 6.04 Å². The van der Waals surface area contributed by atoms with Crippen LogP contribution in [0.3, 0.4) is 0 Å². The van der Waals surface area contributed by atoms with Gasteiger partial charge in [0, 0.05) is 31.4 Å². The molecule has 2 aromatic carbocycles. The summed E-state index contributed by atoms with van der Waals surface area (Å²) in [6.07, 6.45) is 1.83. The molecule has 1 fully saturated rings. The Hall–Kier alpha value is -2.86. The Morgan fingerprint density at radius 2 is 1.57 bits per heavy atom. The van der Waals surface area contributed by atoms with E-state index >= 15 is 0 Å². The number of rotatable bonds is 7. The number of hydrogen-bond acceptors (Lipinski definition) is 3. The zero-order valence-electron chi connectivity index (χ0n) is 17.8. The van der Waals surface area contributed by atoms with E-state index in [4.69, 9.17) is 0 Å². The average Bonchev–Trinajstić information content (AvgIpc) is 2.74. The molecular weight excluding hydrogens is 376 g/mol. The van der Waals surface area contributed by atoms with Crippen LogP contribution in [0, 0.1) is 5.92 Å². The second-order valence-electron chi connectivity index (χ2n) is 8.23. The predicted molar refractivity (Wildman–Crippen MR) is 120 cm³/mol. The fourth-order valence-corrected chi connectivity index (χ4v) is 3.73. The summed E-state index contributed by atoms with van der Waals surface area (Å²) in [7, 11) is 0. The van der Waals surface area contributed by atoms with Crippen LogP contribution in [0.4, 0.5) is 10.5 Å². The van der Waals surface area contributed by atoms with Gasteiger partial charge in [0.15, 0.2) is 0 Å². The van der Waals surface area contributed by atoms with E-state index in [0.29, 0.717) is 5.69 Å². The molecule has 3 N–H and O–H groups in total. The molecular formula is C24H32N4O2. The van der Waals surface area contributed by atoms with E-state index in [1.54, 1.807) is 0 Å². The first-order valence-corrected chi connectivity index (χ1v) is 10.7. The molecule has 0 aliphatic carbocycles. The van der Waals surface area contributed by atoms with Gasteiger partial charge in [0.25, 0.3) is 0 Å². The number of carbonyl (C=O) groups is 2. The summed E-state index contributed by atoms with van der Waals surface area (Å²) >= 11 is 0. The van der Waals surface area contributed by atoms with Gasteiger partial charge in [-0.25, -0.2) is 4.79 Å². The van der Waals surface area contributed by atoms with E-state index in [0.717, 1.165) is 32.5 Å². The minimum absolute atomic E-state index is 0.00954. The molecule has 0 radical (unpaired) electrons. The van der Waals surface area contributed by atoms with E-state index in [-0.39, 0.29) is 23.9 Å². The summed E-state index contributed by atoms with van der Waals surface area (Å²) < 4.78 is 0. The highest BCUT2D eigenvalue weighted by Crippen LogP contribution is 2.15. The number of amides is 3. The minimum atomic E-state index is -0.573. The Bertz CT molecular complexity index is 802. The third kappa shape index (κ3) is 6.59. The van der Waals surface area contributed by atoms with Gasteiger partial charge in [0.05, 0.1) is 0 Å². The van der Waals surface area contributed by atoms with Crippen LogP contribution < -0.4 is 16.0 Å². The molecule has 30 heavy (non-hydrogen) atoms. The average molecular weight is 409 g/mol. The Morgan fingerprint density at radius 3 is 2.17 bits per heavy atom. The monoisotopic (exact) mass is 408 g/mol. The van der Waals surface area contributed by atoms with Crippen molar-refractivity contribution >= 4 is 17.6 Å². The van der Waals surface area contributed by atoms with Crippen molar-refractivity contribution in [1.29, 1.82) is 0 Å². The quantitative estimate of drug-likeness (QED) is 0.655. The lowest BCUT2D eigenvalue weighted by Gasteiger charge is -2.33. The molecule has 3 amide bonds. The molecule has 1 aliphatic heterocycles. The van der Waals surface area contributed by atoms with Crippen LogP contribution in [-0.2, 0) is 11.3 Å². The lowest BCUT2D eigenvalue weighted by Crippen LogP contribution is -2.54. The van der Waals surface area contributed by atoms with Crippen molar-refractivity contribution in [2.24, 2.45) is 5.92 Å². The van der Waals surface area contributed by atoms with Gasteiger partial charge in [-0.3, -0.25) is 9.69 Å². The highest BCUT2D eigenvalue weighted by molar-refractivity contribution is 5.93. The zero-order valence-corrected chi connectivity index (χ0v) is 17.8. The zero-order chi connectivity index (χ0) is 21.3. The SMILES string of the molecule is CC(C)[C@H](NC(=O)Nc1ccccc1)C(=O)NC1CCN(Cc2ccccc2)CC1. The maximum Gasteiger partial charge on any atom is 0.319 e. The molecule has 0 saturated carbocycles. The number of para-hydroxylation sites is 1. The van der Waals surface area contributed by atoms with Crippen LogP contribution in [0.5, 0.6) is 0 Å². The number of benzene rings is 2. The predicted octanol–water partition coefficient (Wildman–Crippen LogP) is 3.61. The van der Waals surface area contributed by atoms with E-state index in [1.807, 2.05) is 50.2 Å². The van der Waals surface area contributed by atoms with Gasteiger partial charge in [0.2, 0.25) is 5.91 Å². The fraction of sp³-hybridized carbons (Fsp3) is 0.417. The van der Waals surface area contributed by atoms with Crippen molar-refractivity contribution in [2.75, 3.05) is 18.4 Å². The second-order valence-corrected chi connectivity index (χ2v) is 8.23. The van der Waals surface area contributed by atoms with Crippen LogP contribution in [0.25, 0.3) is 0 Å². The number of nitrogens with one attached hydrogen (secondary N) is 3. The molecule has 6 nitrogen and oxygen atoms in total. The maximum absolute atomic E-state index is 12.8. The van der Waals surface area contributed by atoms with Crippen LogP contribution in [0.2, 0.25) is 0 Å². The first-order chi connectivity index (χ1) is 14.5. The third-order valence-electron chi connectivity index (χ3n) is 5.45.